The number of imidazole rings is 1. The van der Waals surface area contributed by atoms with Crippen molar-refractivity contribution in [1.29, 1.82) is 0 Å². The monoisotopic (exact) mass is 314 g/mol. The van der Waals surface area contributed by atoms with Gasteiger partial charge in [-0.3, -0.25) is 0 Å². The van der Waals surface area contributed by atoms with E-state index in [9.17, 15) is 0 Å². The first-order chi connectivity index (χ1) is 10.6. The van der Waals surface area contributed by atoms with Crippen LogP contribution in [0.3, 0.4) is 0 Å². The molecule has 3 rings (SSSR count). The van der Waals surface area contributed by atoms with E-state index in [2.05, 4.69) is 17.4 Å². The number of halogens is 1. The van der Waals surface area contributed by atoms with Crippen molar-refractivity contribution in [3.8, 4) is 17.0 Å². The molecule has 0 N–H and O–H groups in total. The number of hydrogen-bond donors (Lipinski definition) is 0. The highest BCUT2D eigenvalue weighted by atomic mass is 35.5. The third kappa shape index (κ3) is 2.46. The molecule has 0 saturated heterocycles. The van der Waals surface area contributed by atoms with Gasteiger partial charge < -0.3 is 9.14 Å². The number of aryl methyl sites for hydroxylation is 1. The van der Waals surface area contributed by atoms with Crippen molar-refractivity contribution >= 4 is 17.2 Å². The van der Waals surface area contributed by atoms with Crippen LogP contribution in [0.5, 0.6) is 5.75 Å². The van der Waals surface area contributed by atoms with Gasteiger partial charge in [0.15, 0.2) is 0 Å². The number of rotatable bonds is 4. The van der Waals surface area contributed by atoms with Gasteiger partial charge in [-0.2, -0.15) is 0 Å². The molecule has 0 fully saturated rings. The third-order valence-electron chi connectivity index (χ3n) is 3.70. The molecule has 0 aliphatic rings. The van der Waals surface area contributed by atoms with E-state index in [0.29, 0.717) is 6.61 Å². The summed E-state index contributed by atoms with van der Waals surface area (Å²) in [6.07, 6.45) is 2.01. The summed E-state index contributed by atoms with van der Waals surface area (Å²) in [5.74, 6) is 0.838. The van der Waals surface area contributed by atoms with Gasteiger partial charge in [0.05, 0.1) is 23.4 Å². The summed E-state index contributed by atoms with van der Waals surface area (Å²) in [4.78, 5) is 4.85. The smallest absolute Gasteiger partial charge is 0.140 e. The molecule has 0 amide bonds. The summed E-state index contributed by atoms with van der Waals surface area (Å²) in [6, 6.07) is 12.0. The number of pyridine rings is 1. The van der Waals surface area contributed by atoms with E-state index in [1.54, 1.807) is 0 Å². The first kappa shape index (κ1) is 14.9. The number of alkyl halides is 1. The van der Waals surface area contributed by atoms with Crippen molar-refractivity contribution in [3.05, 3.63) is 53.9 Å². The molecule has 0 aliphatic carbocycles. The van der Waals surface area contributed by atoms with Gasteiger partial charge in [-0.1, -0.05) is 18.2 Å². The quantitative estimate of drug-likeness (QED) is 0.633. The van der Waals surface area contributed by atoms with Gasteiger partial charge in [-0.05, 0) is 44.5 Å². The zero-order valence-corrected chi connectivity index (χ0v) is 13.8. The highest BCUT2D eigenvalue weighted by Crippen LogP contribution is 2.37. The maximum absolute atomic E-state index is 6.46. The summed E-state index contributed by atoms with van der Waals surface area (Å²) < 4.78 is 7.83. The van der Waals surface area contributed by atoms with Gasteiger partial charge in [0.1, 0.15) is 11.4 Å². The van der Waals surface area contributed by atoms with Crippen molar-refractivity contribution in [1.82, 2.24) is 9.38 Å². The van der Waals surface area contributed by atoms with Crippen LogP contribution in [0.1, 0.15) is 30.5 Å². The summed E-state index contributed by atoms with van der Waals surface area (Å²) in [5, 5.41) is -0.151. The normalized spacial score (nSPS) is 12.5. The molecule has 0 radical (unpaired) electrons. The van der Waals surface area contributed by atoms with Gasteiger partial charge in [0, 0.05) is 11.8 Å². The Labute approximate surface area is 135 Å². The van der Waals surface area contributed by atoms with Crippen LogP contribution in [-0.2, 0) is 0 Å². The second-order valence-corrected chi connectivity index (χ2v) is 5.93. The maximum atomic E-state index is 6.46. The van der Waals surface area contributed by atoms with Crippen molar-refractivity contribution in [2.24, 2.45) is 0 Å². The molecule has 0 spiro atoms. The van der Waals surface area contributed by atoms with Gasteiger partial charge in [0.25, 0.3) is 0 Å². The number of aromatic nitrogens is 2. The first-order valence-corrected chi connectivity index (χ1v) is 7.91. The average Bonchev–Trinajstić information content (AvgIpc) is 2.89. The second kappa shape index (κ2) is 6.01. The molecule has 0 saturated carbocycles. The second-order valence-electron chi connectivity index (χ2n) is 5.28. The lowest BCUT2D eigenvalue weighted by Crippen LogP contribution is -1.98. The van der Waals surface area contributed by atoms with Crippen molar-refractivity contribution in [2.45, 2.75) is 26.1 Å². The van der Waals surface area contributed by atoms with Crippen LogP contribution < -0.4 is 4.74 Å². The number of ether oxygens (including phenoxy) is 1. The standard InChI is InChI=1S/C18H19ClN2O/c1-4-22-15-10-6-5-9-14(15)16-17(13(3)19)21-11-7-8-12(2)18(21)20-16/h5-11,13H,4H2,1-3H3. The predicted octanol–water partition coefficient (Wildman–Crippen LogP) is 5.01. The molecule has 3 aromatic rings. The van der Waals surface area contributed by atoms with Crippen LogP contribution in [0.4, 0.5) is 0 Å². The van der Waals surface area contributed by atoms with Crippen LogP contribution >= 0.6 is 11.6 Å². The fraction of sp³-hybridized carbons (Fsp3) is 0.278. The van der Waals surface area contributed by atoms with E-state index in [1.807, 2.05) is 50.4 Å². The first-order valence-electron chi connectivity index (χ1n) is 7.47. The van der Waals surface area contributed by atoms with Crippen LogP contribution in [0.2, 0.25) is 0 Å². The van der Waals surface area contributed by atoms with Crippen LogP contribution in [0.15, 0.2) is 42.6 Å². The lowest BCUT2D eigenvalue weighted by molar-refractivity contribution is 0.341. The highest BCUT2D eigenvalue weighted by molar-refractivity contribution is 6.20. The van der Waals surface area contributed by atoms with Crippen LogP contribution in [0, 0.1) is 6.92 Å². The Kier molecular flexibility index (Phi) is 4.08. The van der Waals surface area contributed by atoms with Gasteiger partial charge in [0.2, 0.25) is 0 Å². The molecule has 1 aromatic carbocycles. The van der Waals surface area contributed by atoms with E-state index in [0.717, 1.165) is 33.9 Å². The van der Waals surface area contributed by atoms with Crippen molar-refractivity contribution < 1.29 is 4.74 Å². The molecule has 1 atom stereocenters. The lowest BCUT2D eigenvalue weighted by atomic mass is 10.1. The summed E-state index contributed by atoms with van der Waals surface area (Å²) in [6.45, 7) is 6.63. The van der Waals surface area contributed by atoms with E-state index in [1.165, 1.54) is 0 Å². The summed E-state index contributed by atoms with van der Waals surface area (Å²) in [5.41, 5.74) is 4.93. The SMILES string of the molecule is CCOc1ccccc1-c1nc2c(C)cccn2c1C(C)Cl. The Hall–Kier alpha value is -2.00. The van der Waals surface area contributed by atoms with Crippen molar-refractivity contribution in [3.63, 3.8) is 0 Å². The minimum absolute atomic E-state index is 0.151. The third-order valence-corrected chi connectivity index (χ3v) is 3.91. The maximum Gasteiger partial charge on any atom is 0.140 e. The molecule has 4 heteroatoms. The minimum Gasteiger partial charge on any atom is -0.493 e. The Balaban J connectivity index is 2.31. The minimum atomic E-state index is -0.151. The zero-order valence-electron chi connectivity index (χ0n) is 13.0. The summed E-state index contributed by atoms with van der Waals surface area (Å²) in [7, 11) is 0. The number of para-hydroxylation sites is 1. The number of nitrogens with zero attached hydrogens (tertiary/aromatic N) is 2. The molecule has 0 aliphatic heterocycles. The van der Waals surface area contributed by atoms with Crippen LogP contribution in [-0.4, -0.2) is 16.0 Å². The predicted molar refractivity (Wildman–Crippen MR) is 90.8 cm³/mol. The topological polar surface area (TPSA) is 26.5 Å². The number of fused-ring (bicyclic) bond motifs is 1. The number of hydrogen-bond acceptors (Lipinski definition) is 2. The van der Waals surface area contributed by atoms with Gasteiger partial charge in [-0.15, -0.1) is 11.6 Å². The lowest BCUT2D eigenvalue weighted by Gasteiger charge is -2.11. The highest BCUT2D eigenvalue weighted by Gasteiger charge is 2.21. The van der Waals surface area contributed by atoms with E-state index in [-0.39, 0.29) is 5.38 Å². The van der Waals surface area contributed by atoms with Gasteiger partial charge in [-0.25, -0.2) is 4.98 Å². The van der Waals surface area contributed by atoms with E-state index in [4.69, 9.17) is 21.3 Å². The van der Waals surface area contributed by atoms with E-state index < -0.39 is 0 Å². The van der Waals surface area contributed by atoms with Crippen LogP contribution in [0.25, 0.3) is 16.9 Å². The average molecular weight is 315 g/mol. The fourth-order valence-corrected chi connectivity index (χ4v) is 2.95. The molecule has 22 heavy (non-hydrogen) atoms. The Morgan fingerprint density at radius 1 is 1.23 bits per heavy atom. The van der Waals surface area contributed by atoms with Crippen molar-refractivity contribution in [2.75, 3.05) is 6.61 Å². The molecule has 1 unspecified atom stereocenters. The fourth-order valence-electron chi connectivity index (χ4n) is 2.74. The summed E-state index contributed by atoms with van der Waals surface area (Å²) >= 11 is 6.46. The molecule has 2 heterocycles. The Bertz CT molecular complexity index is 808. The molecular formula is C18H19ClN2O. The molecule has 2 aromatic heterocycles. The van der Waals surface area contributed by atoms with Gasteiger partial charge >= 0.3 is 0 Å². The largest absolute Gasteiger partial charge is 0.493 e. The molecule has 0 bridgehead atoms. The zero-order chi connectivity index (χ0) is 15.7. The Morgan fingerprint density at radius 2 is 2.00 bits per heavy atom. The Morgan fingerprint density at radius 3 is 2.73 bits per heavy atom. The molecule has 114 valence electrons. The molecular weight excluding hydrogens is 296 g/mol. The number of benzene rings is 1. The van der Waals surface area contributed by atoms with E-state index >= 15 is 0 Å². The molecule has 3 nitrogen and oxygen atoms in total.